The fraction of sp³-hybridized carbons (Fsp3) is 0.611. The van der Waals surface area contributed by atoms with Crippen LogP contribution in [0.2, 0.25) is 0 Å². The van der Waals surface area contributed by atoms with E-state index >= 15 is 0 Å². The average molecular weight is 320 g/mol. The number of nitrogens with one attached hydrogen (secondary N) is 1. The molecule has 2 aliphatic rings. The summed E-state index contributed by atoms with van der Waals surface area (Å²) in [5, 5.41) is 3.14. The van der Waals surface area contributed by atoms with Gasteiger partial charge in [-0.3, -0.25) is 4.79 Å². The van der Waals surface area contributed by atoms with E-state index < -0.39 is 0 Å². The van der Waals surface area contributed by atoms with Gasteiger partial charge in [-0.15, -0.1) is 0 Å². The number of benzene rings is 1. The molecule has 2 aliphatic heterocycles. The van der Waals surface area contributed by atoms with Crippen LogP contribution in [-0.2, 0) is 9.53 Å². The lowest BCUT2D eigenvalue weighted by Crippen LogP contribution is -2.45. The summed E-state index contributed by atoms with van der Waals surface area (Å²) in [7, 11) is 0. The lowest BCUT2D eigenvalue weighted by atomic mass is 9.97. The number of rotatable bonds is 4. The van der Waals surface area contributed by atoms with Gasteiger partial charge in [0.15, 0.2) is 0 Å². The van der Waals surface area contributed by atoms with Crippen LogP contribution < -0.4 is 10.2 Å². The first-order valence-corrected chi connectivity index (χ1v) is 8.59. The molecule has 1 atom stereocenters. The number of amides is 1. The van der Waals surface area contributed by atoms with Crippen molar-refractivity contribution in [3.05, 3.63) is 30.1 Å². The maximum Gasteiger partial charge on any atom is 0.220 e. The van der Waals surface area contributed by atoms with Gasteiger partial charge in [0.1, 0.15) is 5.82 Å². The van der Waals surface area contributed by atoms with Crippen LogP contribution in [-0.4, -0.2) is 38.3 Å². The highest BCUT2D eigenvalue weighted by molar-refractivity contribution is 5.76. The van der Waals surface area contributed by atoms with Gasteiger partial charge in [-0.2, -0.15) is 0 Å². The Labute approximate surface area is 137 Å². The first-order chi connectivity index (χ1) is 11.2. The maximum absolute atomic E-state index is 13.8. The Bertz CT molecular complexity index is 524. The number of hydrogen-bond acceptors (Lipinski definition) is 3. The second-order valence-corrected chi connectivity index (χ2v) is 6.57. The van der Waals surface area contributed by atoms with Crippen molar-refractivity contribution in [1.29, 1.82) is 0 Å². The molecule has 4 nitrogen and oxygen atoms in total. The van der Waals surface area contributed by atoms with Gasteiger partial charge in [0.2, 0.25) is 5.91 Å². The molecule has 2 fully saturated rings. The van der Waals surface area contributed by atoms with Crippen LogP contribution in [0.1, 0.15) is 32.1 Å². The molecule has 0 aromatic heterocycles. The van der Waals surface area contributed by atoms with E-state index in [2.05, 4.69) is 10.2 Å². The first-order valence-electron chi connectivity index (χ1n) is 8.59. The van der Waals surface area contributed by atoms with E-state index in [9.17, 15) is 9.18 Å². The number of nitrogens with zero attached hydrogens (tertiary/aromatic N) is 1. The van der Waals surface area contributed by atoms with Crippen LogP contribution in [0.5, 0.6) is 0 Å². The van der Waals surface area contributed by atoms with Crippen LogP contribution in [0.3, 0.4) is 0 Å². The summed E-state index contributed by atoms with van der Waals surface area (Å²) in [6, 6.07) is 7.08. The Hall–Kier alpha value is -1.62. The number of halogens is 1. The fourth-order valence-corrected chi connectivity index (χ4v) is 3.49. The minimum absolute atomic E-state index is 0.129. The summed E-state index contributed by atoms with van der Waals surface area (Å²) in [4.78, 5) is 14.2. The topological polar surface area (TPSA) is 41.6 Å². The summed E-state index contributed by atoms with van der Waals surface area (Å²) in [5.74, 6) is 0.319. The van der Waals surface area contributed by atoms with Crippen molar-refractivity contribution in [3.8, 4) is 0 Å². The third-order valence-corrected chi connectivity index (χ3v) is 4.78. The molecular weight excluding hydrogens is 295 g/mol. The van der Waals surface area contributed by atoms with Crippen LogP contribution in [0.4, 0.5) is 10.1 Å². The zero-order chi connectivity index (χ0) is 16.1. The van der Waals surface area contributed by atoms with Gasteiger partial charge in [0, 0.05) is 38.8 Å². The lowest BCUT2D eigenvalue weighted by molar-refractivity contribution is -0.123. The Morgan fingerprint density at radius 1 is 1.26 bits per heavy atom. The molecule has 1 amide bonds. The monoisotopic (exact) mass is 320 g/mol. The van der Waals surface area contributed by atoms with Crippen molar-refractivity contribution in [2.24, 2.45) is 5.92 Å². The van der Waals surface area contributed by atoms with E-state index in [-0.39, 0.29) is 17.8 Å². The van der Waals surface area contributed by atoms with Gasteiger partial charge in [-0.25, -0.2) is 4.39 Å². The average Bonchev–Trinajstić information content (AvgIpc) is 2.57. The smallest absolute Gasteiger partial charge is 0.220 e. The molecule has 1 aromatic carbocycles. The van der Waals surface area contributed by atoms with E-state index in [1.54, 1.807) is 6.07 Å². The standard InChI is InChI=1S/C18H25FN2O2/c19-16-5-1-2-6-17(16)21-9-7-15(8-10-21)20-18(22)12-14-4-3-11-23-13-14/h1-2,5-6,14-15H,3-4,7-13H2,(H,20,22)/t14-/m1/s1. The largest absolute Gasteiger partial charge is 0.381 e. The third-order valence-electron chi connectivity index (χ3n) is 4.78. The molecule has 5 heteroatoms. The SMILES string of the molecule is O=C(C[C@H]1CCCOC1)NC1CCN(c2ccccc2F)CC1. The molecule has 0 bridgehead atoms. The number of piperidine rings is 1. The van der Waals surface area contributed by atoms with Gasteiger partial charge < -0.3 is 15.0 Å². The normalized spacial score (nSPS) is 22.8. The molecule has 0 spiro atoms. The second kappa shape index (κ2) is 7.77. The number of anilines is 1. The van der Waals surface area contributed by atoms with E-state index in [1.165, 1.54) is 6.07 Å². The quantitative estimate of drug-likeness (QED) is 0.927. The van der Waals surface area contributed by atoms with Gasteiger partial charge in [-0.05, 0) is 43.7 Å². The Morgan fingerprint density at radius 3 is 2.74 bits per heavy atom. The summed E-state index contributed by atoms with van der Waals surface area (Å²) >= 11 is 0. The van der Waals surface area contributed by atoms with Crippen LogP contribution >= 0.6 is 0 Å². The molecule has 0 aliphatic carbocycles. The van der Waals surface area contributed by atoms with E-state index in [1.807, 2.05) is 12.1 Å². The van der Waals surface area contributed by atoms with Crippen molar-refractivity contribution >= 4 is 11.6 Å². The third kappa shape index (κ3) is 4.44. The molecular formula is C18H25FN2O2. The molecule has 126 valence electrons. The highest BCUT2D eigenvalue weighted by Gasteiger charge is 2.24. The zero-order valence-electron chi connectivity index (χ0n) is 13.5. The molecule has 23 heavy (non-hydrogen) atoms. The number of carbonyl (C=O) groups is 1. The molecule has 3 rings (SSSR count). The Kier molecular flexibility index (Phi) is 5.49. The van der Waals surface area contributed by atoms with E-state index in [0.29, 0.717) is 24.6 Å². The maximum atomic E-state index is 13.8. The number of ether oxygens (including phenoxy) is 1. The van der Waals surface area contributed by atoms with Crippen molar-refractivity contribution in [3.63, 3.8) is 0 Å². The van der Waals surface area contributed by atoms with Crippen molar-refractivity contribution in [1.82, 2.24) is 5.32 Å². The zero-order valence-corrected chi connectivity index (χ0v) is 13.5. The van der Waals surface area contributed by atoms with E-state index in [0.717, 1.165) is 45.4 Å². The Morgan fingerprint density at radius 2 is 2.04 bits per heavy atom. The van der Waals surface area contributed by atoms with Crippen LogP contribution in [0.25, 0.3) is 0 Å². The predicted octanol–water partition coefficient (Wildman–Crippen LogP) is 2.73. The number of para-hydroxylation sites is 1. The van der Waals surface area contributed by atoms with Crippen LogP contribution in [0.15, 0.2) is 24.3 Å². The van der Waals surface area contributed by atoms with Crippen molar-refractivity contribution < 1.29 is 13.9 Å². The van der Waals surface area contributed by atoms with Crippen molar-refractivity contribution in [2.45, 2.75) is 38.1 Å². The number of carbonyl (C=O) groups excluding carboxylic acids is 1. The predicted molar refractivity (Wildman–Crippen MR) is 87.9 cm³/mol. The lowest BCUT2D eigenvalue weighted by Gasteiger charge is -2.34. The van der Waals surface area contributed by atoms with E-state index in [4.69, 9.17) is 4.74 Å². The molecule has 2 saturated heterocycles. The molecule has 0 radical (unpaired) electrons. The molecule has 2 heterocycles. The Balaban J connectivity index is 1.44. The highest BCUT2D eigenvalue weighted by atomic mass is 19.1. The first kappa shape index (κ1) is 16.2. The number of hydrogen-bond donors (Lipinski definition) is 1. The minimum Gasteiger partial charge on any atom is -0.381 e. The molecule has 1 aromatic rings. The van der Waals surface area contributed by atoms with Crippen LogP contribution in [0, 0.1) is 11.7 Å². The van der Waals surface area contributed by atoms with Gasteiger partial charge in [0.05, 0.1) is 5.69 Å². The second-order valence-electron chi connectivity index (χ2n) is 6.57. The summed E-state index contributed by atoms with van der Waals surface area (Å²) < 4.78 is 19.2. The molecule has 0 unspecified atom stereocenters. The summed E-state index contributed by atoms with van der Waals surface area (Å²) in [6.07, 6.45) is 4.42. The summed E-state index contributed by atoms with van der Waals surface area (Å²) in [6.45, 7) is 3.09. The summed E-state index contributed by atoms with van der Waals surface area (Å²) in [5.41, 5.74) is 0.664. The van der Waals surface area contributed by atoms with Gasteiger partial charge in [-0.1, -0.05) is 12.1 Å². The van der Waals surface area contributed by atoms with Crippen molar-refractivity contribution in [2.75, 3.05) is 31.2 Å². The van der Waals surface area contributed by atoms with Gasteiger partial charge >= 0.3 is 0 Å². The molecule has 0 saturated carbocycles. The van der Waals surface area contributed by atoms with Gasteiger partial charge in [0.25, 0.3) is 0 Å². The fourth-order valence-electron chi connectivity index (χ4n) is 3.49. The molecule has 1 N–H and O–H groups in total. The highest BCUT2D eigenvalue weighted by Crippen LogP contribution is 2.23. The minimum atomic E-state index is -0.174.